The average Bonchev–Trinajstić information content (AvgIpc) is 2.74. The van der Waals surface area contributed by atoms with Gasteiger partial charge in [-0.25, -0.2) is 9.97 Å². The molecule has 4 rings (SSSR count). The number of ketones is 1. The fraction of sp³-hybridized carbons (Fsp3) is 0.273. The van der Waals surface area contributed by atoms with E-state index in [2.05, 4.69) is 19.9 Å². The number of nitrogen functional groups attached to an aromatic ring is 1. The van der Waals surface area contributed by atoms with Gasteiger partial charge in [-0.2, -0.15) is 0 Å². The number of benzene rings is 1. The van der Waals surface area contributed by atoms with E-state index in [-0.39, 0.29) is 29.8 Å². The molecule has 8 heteroatoms. The van der Waals surface area contributed by atoms with Crippen molar-refractivity contribution >= 4 is 28.9 Å². The first-order valence-corrected chi connectivity index (χ1v) is 10.2. The maximum Gasteiger partial charge on any atom is 0.189 e. The highest BCUT2D eigenvalue weighted by atomic mass is 35.5. The van der Waals surface area contributed by atoms with E-state index < -0.39 is 0 Å². The number of carbonyl (C=O) groups excluding carboxylic acids is 1. The van der Waals surface area contributed by atoms with Crippen LogP contribution in [0.15, 0.2) is 48.9 Å². The van der Waals surface area contributed by atoms with Gasteiger partial charge in [-0.3, -0.25) is 9.78 Å². The number of halogens is 1. The molecule has 0 spiro atoms. The van der Waals surface area contributed by atoms with Crippen LogP contribution in [0, 0.1) is 0 Å². The highest BCUT2D eigenvalue weighted by Crippen LogP contribution is 2.26. The molecule has 1 aliphatic rings. The van der Waals surface area contributed by atoms with Crippen LogP contribution in [0.3, 0.4) is 0 Å². The smallest absolute Gasteiger partial charge is 0.189 e. The predicted molar refractivity (Wildman–Crippen MR) is 119 cm³/mol. The Morgan fingerprint density at radius 1 is 1.27 bits per heavy atom. The summed E-state index contributed by atoms with van der Waals surface area (Å²) in [6.07, 6.45) is 7.17. The van der Waals surface area contributed by atoms with Gasteiger partial charge in [0.1, 0.15) is 5.69 Å². The summed E-state index contributed by atoms with van der Waals surface area (Å²) in [5, 5.41) is 0.582. The third-order valence-corrected chi connectivity index (χ3v) is 5.45. The Morgan fingerprint density at radius 2 is 2.13 bits per heavy atom. The number of rotatable bonds is 5. The van der Waals surface area contributed by atoms with Crippen LogP contribution in [-0.2, 0) is 6.42 Å². The number of piperidine rings is 1. The van der Waals surface area contributed by atoms with Crippen LogP contribution in [0.4, 0.5) is 11.5 Å². The first kappa shape index (κ1) is 20.3. The molecule has 0 bridgehead atoms. The number of hydrogen-bond donors (Lipinski definition) is 2. The van der Waals surface area contributed by atoms with Crippen LogP contribution >= 0.6 is 11.6 Å². The lowest BCUT2D eigenvalue weighted by molar-refractivity contribution is 0.0989. The van der Waals surface area contributed by atoms with Gasteiger partial charge < -0.3 is 16.4 Å². The van der Waals surface area contributed by atoms with Crippen molar-refractivity contribution in [3.63, 3.8) is 0 Å². The van der Waals surface area contributed by atoms with E-state index in [1.165, 1.54) is 0 Å². The van der Waals surface area contributed by atoms with Gasteiger partial charge in [-0.05, 0) is 31.0 Å². The monoisotopic (exact) mass is 422 g/mol. The van der Waals surface area contributed by atoms with Crippen molar-refractivity contribution in [2.75, 3.05) is 23.7 Å². The SMILES string of the molecule is Nc1ncc(-c2cccc(Cl)c2)nc1C(=O)Cc1cnccc1N1CCCC(N)C1. The molecule has 2 aromatic heterocycles. The molecule has 4 N–H and O–H groups in total. The summed E-state index contributed by atoms with van der Waals surface area (Å²) in [5.41, 5.74) is 15.4. The zero-order chi connectivity index (χ0) is 21.1. The van der Waals surface area contributed by atoms with Gasteiger partial charge >= 0.3 is 0 Å². The molecule has 1 unspecified atom stereocenters. The molecule has 0 saturated carbocycles. The van der Waals surface area contributed by atoms with Gasteiger partial charge in [-0.15, -0.1) is 0 Å². The topological polar surface area (TPSA) is 111 Å². The van der Waals surface area contributed by atoms with Crippen molar-refractivity contribution in [3.8, 4) is 11.3 Å². The number of hydrogen-bond acceptors (Lipinski definition) is 7. The Labute approximate surface area is 180 Å². The van der Waals surface area contributed by atoms with Crippen molar-refractivity contribution in [1.29, 1.82) is 0 Å². The zero-order valence-corrected chi connectivity index (χ0v) is 17.2. The van der Waals surface area contributed by atoms with Gasteiger partial charge in [0, 0.05) is 59.8 Å². The average molecular weight is 423 g/mol. The van der Waals surface area contributed by atoms with Crippen molar-refractivity contribution < 1.29 is 4.79 Å². The summed E-state index contributed by atoms with van der Waals surface area (Å²) in [6.45, 7) is 1.67. The molecule has 0 radical (unpaired) electrons. The summed E-state index contributed by atoms with van der Waals surface area (Å²) in [4.78, 5) is 28.2. The molecule has 1 atom stereocenters. The molecule has 1 fully saturated rings. The van der Waals surface area contributed by atoms with Crippen LogP contribution in [0.2, 0.25) is 5.02 Å². The maximum absolute atomic E-state index is 13.1. The van der Waals surface area contributed by atoms with Crippen molar-refractivity contribution in [1.82, 2.24) is 15.0 Å². The van der Waals surface area contributed by atoms with Gasteiger partial charge in [0.05, 0.1) is 11.9 Å². The van der Waals surface area contributed by atoms with E-state index in [0.717, 1.165) is 42.7 Å². The van der Waals surface area contributed by atoms with Crippen molar-refractivity contribution in [2.24, 2.45) is 5.73 Å². The maximum atomic E-state index is 13.1. The molecular formula is C22H23ClN6O. The van der Waals surface area contributed by atoms with E-state index in [9.17, 15) is 4.79 Å². The zero-order valence-electron chi connectivity index (χ0n) is 16.5. The lowest BCUT2D eigenvalue weighted by Crippen LogP contribution is -2.43. The largest absolute Gasteiger partial charge is 0.382 e. The minimum absolute atomic E-state index is 0.108. The van der Waals surface area contributed by atoms with Crippen molar-refractivity contribution in [2.45, 2.75) is 25.3 Å². The molecule has 1 aliphatic heterocycles. The van der Waals surface area contributed by atoms with Crippen LogP contribution in [0.1, 0.15) is 28.9 Å². The normalized spacial score (nSPS) is 16.5. The Hall–Kier alpha value is -3.03. The number of anilines is 2. The van der Waals surface area contributed by atoms with Crippen LogP contribution < -0.4 is 16.4 Å². The number of nitrogens with two attached hydrogens (primary N) is 2. The number of Topliss-reactive ketones (excluding diaryl/α,β-unsaturated/α-hetero) is 1. The molecule has 1 aromatic carbocycles. The highest BCUT2D eigenvalue weighted by Gasteiger charge is 2.22. The van der Waals surface area contributed by atoms with Crippen LogP contribution in [0.25, 0.3) is 11.3 Å². The third-order valence-electron chi connectivity index (χ3n) is 5.21. The minimum Gasteiger partial charge on any atom is -0.382 e. The number of pyridine rings is 1. The fourth-order valence-corrected chi connectivity index (χ4v) is 3.93. The van der Waals surface area contributed by atoms with Crippen LogP contribution in [-0.4, -0.2) is 39.9 Å². The lowest BCUT2D eigenvalue weighted by atomic mass is 10.0. The minimum atomic E-state index is -0.209. The second-order valence-electron chi connectivity index (χ2n) is 7.45. The van der Waals surface area contributed by atoms with Gasteiger partial charge in [0.15, 0.2) is 11.6 Å². The van der Waals surface area contributed by atoms with E-state index in [1.807, 2.05) is 18.2 Å². The van der Waals surface area contributed by atoms with E-state index in [1.54, 1.807) is 30.7 Å². The molecule has 0 amide bonds. The first-order chi connectivity index (χ1) is 14.5. The standard InChI is InChI=1S/C22H23ClN6O/c23-16-4-1-3-14(9-16)18-12-27-22(25)21(28-18)20(30)10-15-11-26-7-6-19(15)29-8-2-5-17(24)13-29/h1,3-4,6-7,9,11-12,17H,2,5,8,10,13,24H2,(H2,25,27). The second-order valence-corrected chi connectivity index (χ2v) is 7.89. The van der Waals surface area contributed by atoms with E-state index >= 15 is 0 Å². The number of carbonyl (C=O) groups is 1. The number of aromatic nitrogens is 3. The first-order valence-electron chi connectivity index (χ1n) is 9.86. The molecular weight excluding hydrogens is 400 g/mol. The Balaban J connectivity index is 1.61. The molecule has 3 heterocycles. The third kappa shape index (κ3) is 4.42. The van der Waals surface area contributed by atoms with Gasteiger partial charge in [0.2, 0.25) is 0 Å². The van der Waals surface area contributed by atoms with Gasteiger partial charge in [-0.1, -0.05) is 23.7 Å². The van der Waals surface area contributed by atoms with Crippen molar-refractivity contribution in [3.05, 3.63) is 65.2 Å². The fourth-order valence-electron chi connectivity index (χ4n) is 3.74. The molecule has 30 heavy (non-hydrogen) atoms. The van der Waals surface area contributed by atoms with Crippen LogP contribution in [0.5, 0.6) is 0 Å². The summed E-state index contributed by atoms with van der Waals surface area (Å²) in [5.74, 6) is -0.101. The number of nitrogens with zero attached hydrogens (tertiary/aromatic N) is 4. The highest BCUT2D eigenvalue weighted by molar-refractivity contribution is 6.30. The Morgan fingerprint density at radius 3 is 2.93 bits per heavy atom. The molecule has 0 aliphatic carbocycles. The molecule has 1 saturated heterocycles. The summed E-state index contributed by atoms with van der Waals surface area (Å²) >= 11 is 6.08. The summed E-state index contributed by atoms with van der Waals surface area (Å²) < 4.78 is 0. The molecule has 7 nitrogen and oxygen atoms in total. The lowest BCUT2D eigenvalue weighted by Gasteiger charge is -2.33. The summed E-state index contributed by atoms with van der Waals surface area (Å²) in [7, 11) is 0. The quantitative estimate of drug-likeness (QED) is 0.607. The predicted octanol–water partition coefficient (Wildman–Crippen LogP) is 3.13. The Kier molecular flexibility index (Phi) is 5.92. The van der Waals surface area contributed by atoms with E-state index in [0.29, 0.717) is 10.7 Å². The molecule has 3 aromatic rings. The Bertz CT molecular complexity index is 1070. The van der Waals surface area contributed by atoms with E-state index in [4.69, 9.17) is 23.1 Å². The molecule has 154 valence electrons. The van der Waals surface area contributed by atoms with Gasteiger partial charge in [0.25, 0.3) is 0 Å². The second kappa shape index (κ2) is 8.77. The summed E-state index contributed by atoms with van der Waals surface area (Å²) in [6, 6.07) is 9.29.